The summed E-state index contributed by atoms with van der Waals surface area (Å²) in [6.07, 6.45) is 13.2. The van der Waals surface area contributed by atoms with Gasteiger partial charge < -0.3 is 20.5 Å². The molecular weight excluding hydrogens is 384 g/mol. The molecule has 2 rings (SSSR count). The molecule has 2 fully saturated rings. The van der Waals surface area contributed by atoms with Crippen LogP contribution in [-0.4, -0.2) is 48.2 Å². The third-order valence-corrected chi connectivity index (χ3v) is 6.07. The Hall–Kier alpha value is -1.89. The van der Waals surface area contributed by atoms with Gasteiger partial charge in [0.25, 0.3) is 0 Å². The number of carboxylic acid groups (broad SMARTS) is 1. The van der Waals surface area contributed by atoms with Crippen LogP contribution in [0, 0.1) is 11.8 Å². The van der Waals surface area contributed by atoms with E-state index in [1.807, 2.05) is 6.08 Å². The summed E-state index contributed by atoms with van der Waals surface area (Å²) >= 11 is 0. The molecule has 3 N–H and O–H groups in total. The number of fused-ring (bicyclic) bond motifs is 2. The van der Waals surface area contributed by atoms with E-state index in [0.29, 0.717) is 25.9 Å². The molecule has 0 saturated carbocycles. The van der Waals surface area contributed by atoms with Crippen LogP contribution in [0.5, 0.6) is 0 Å². The van der Waals surface area contributed by atoms with Gasteiger partial charge in [-0.3, -0.25) is 14.4 Å². The highest BCUT2D eigenvalue weighted by Crippen LogP contribution is 2.45. The lowest BCUT2D eigenvalue weighted by Crippen LogP contribution is -2.42. The van der Waals surface area contributed by atoms with Gasteiger partial charge >= 0.3 is 5.97 Å². The maximum atomic E-state index is 12.8. The number of hydrogen-bond acceptors (Lipinski definition) is 4. The topological polar surface area (TPSA) is 105 Å². The Balaban J connectivity index is 1.68. The molecule has 2 aliphatic heterocycles. The van der Waals surface area contributed by atoms with E-state index in [9.17, 15) is 14.4 Å². The molecule has 0 aromatic carbocycles. The van der Waals surface area contributed by atoms with Gasteiger partial charge in [0.1, 0.15) is 0 Å². The molecule has 4 atom stereocenters. The fourth-order valence-corrected chi connectivity index (χ4v) is 4.46. The zero-order chi connectivity index (χ0) is 21.8. The van der Waals surface area contributed by atoms with Crippen molar-refractivity contribution in [2.75, 3.05) is 13.1 Å². The predicted molar refractivity (Wildman–Crippen MR) is 115 cm³/mol. The van der Waals surface area contributed by atoms with Gasteiger partial charge in [0.2, 0.25) is 11.8 Å². The van der Waals surface area contributed by atoms with Crippen LogP contribution in [0.2, 0.25) is 0 Å². The fraction of sp³-hybridized carbons (Fsp3) is 0.783. The Morgan fingerprint density at radius 2 is 1.77 bits per heavy atom. The number of amides is 2. The number of hydrogen-bond donors (Lipinski definition) is 3. The predicted octanol–water partition coefficient (Wildman–Crippen LogP) is 3.18. The number of unbranched alkanes of at least 4 members (excludes halogenated alkanes) is 4. The van der Waals surface area contributed by atoms with Crippen LogP contribution in [0.15, 0.2) is 12.2 Å². The third kappa shape index (κ3) is 8.09. The van der Waals surface area contributed by atoms with Crippen LogP contribution in [0.25, 0.3) is 0 Å². The molecule has 2 saturated heterocycles. The average Bonchev–Trinajstić information content (AvgIpc) is 3.31. The van der Waals surface area contributed by atoms with Crippen molar-refractivity contribution in [2.45, 2.75) is 89.8 Å². The van der Waals surface area contributed by atoms with Crippen molar-refractivity contribution in [3.63, 3.8) is 0 Å². The molecule has 30 heavy (non-hydrogen) atoms. The summed E-state index contributed by atoms with van der Waals surface area (Å²) in [5.41, 5.74) is 0. The fourth-order valence-electron chi connectivity index (χ4n) is 4.46. The second kappa shape index (κ2) is 13.4. The van der Waals surface area contributed by atoms with Crippen molar-refractivity contribution in [1.82, 2.24) is 10.6 Å². The highest BCUT2D eigenvalue weighted by atomic mass is 16.5. The summed E-state index contributed by atoms with van der Waals surface area (Å²) in [5, 5.41) is 14.5. The number of carboxylic acids is 1. The van der Waals surface area contributed by atoms with E-state index < -0.39 is 5.97 Å². The smallest absolute Gasteiger partial charge is 0.303 e. The molecule has 0 aliphatic carbocycles. The van der Waals surface area contributed by atoms with E-state index >= 15 is 0 Å². The monoisotopic (exact) mass is 422 g/mol. The van der Waals surface area contributed by atoms with Gasteiger partial charge in [-0.25, -0.2) is 0 Å². The summed E-state index contributed by atoms with van der Waals surface area (Å²) < 4.78 is 5.99. The standard InChI is InChI=1S/C23H38N2O5/c1-2-3-4-9-15-24-20(26)14-16-25-23(29)22-17(18-12-13-19(22)30-18)10-7-5-6-8-11-21(27)28/h5,7,17-19,22H,2-4,6,8-16H2,1H3,(H,24,26)(H,25,29)(H,27,28)/b7-5-/t17-,18+,19-,22-/m0/s1. The summed E-state index contributed by atoms with van der Waals surface area (Å²) in [5.74, 6) is -0.803. The van der Waals surface area contributed by atoms with Gasteiger partial charge in [0, 0.05) is 31.8 Å². The molecule has 0 aromatic heterocycles. The zero-order valence-corrected chi connectivity index (χ0v) is 18.2. The highest BCUT2D eigenvalue weighted by Gasteiger charge is 2.51. The van der Waals surface area contributed by atoms with Gasteiger partial charge in [-0.05, 0) is 38.5 Å². The molecule has 2 aliphatic rings. The van der Waals surface area contributed by atoms with Crippen molar-refractivity contribution < 1.29 is 24.2 Å². The number of ether oxygens (including phenoxy) is 1. The average molecular weight is 423 g/mol. The van der Waals surface area contributed by atoms with Gasteiger partial charge in [-0.2, -0.15) is 0 Å². The largest absolute Gasteiger partial charge is 0.481 e. The first-order chi connectivity index (χ1) is 14.5. The van der Waals surface area contributed by atoms with Crippen molar-refractivity contribution in [2.24, 2.45) is 11.8 Å². The van der Waals surface area contributed by atoms with E-state index in [2.05, 4.69) is 23.6 Å². The zero-order valence-electron chi connectivity index (χ0n) is 18.2. The first-order valence-corrected chi connectivity index (χ1v) is 11.6. The number of carbonyl (C=O) groups is 3. The van der Waals surface area contributed by atoms with Gasteiger partial charge in [0.15, 0.2) is 0 Å². The molecule has 2 heterocycles. The molecule has 7 nitrogen and oxygen atoms in total. The minimum atomic E-state index is -0.771. The van der Waals surface area contributed by atoms with Crippen molar-refractivity contribution in [3.05, 3.63) is 12.2 Å². The van der Waals surface area contributed by atoms with Gasteiger partial charge in [0.05, 0.1) is 18.1 Å². The lowest BCUT2D eigenvalue weighted by atomic mass is 9.77. The van der Waals surface area contributed by atoms with E-state index in [1.54, 1.807) is 0 Å². The Morgan fingerprint density at radius 3 is 2.53 bits per heavy atom. The van der Waals surface area contributed by atoms with E-state index in [0.717, 1.165) is 38.5 Å². The van der Waals surface area contributed by atoms with Gasteiger partial charge in [-0.1, -0.05) is 38.3 Å². The highest BCUT2D eigenvalue weighted by molar-refractivity contribution is 5.81. The summed E-state index contributed by atoms with van der Waals surface area (Å²) in [4.78, 5) is 35.2. The summed E-state index contributed by atoms with van der Waals surface area (Å²) in [7, 11) is 0. The number of allylic oxidation sites excluding steroid dienone is 2. The van der Waals surface area contributed by atoms with E-state index in [4.69, 9.17) is 9.84 Å². The number of aliphatic carboxylic acids is 1. The molecule has 0 spiro atoms. The maximum absolute atomic E-state index is 12.8. The first-order valence-electron chi connectivity index (χ1n) is 11.6. The second-order valence-electron chi connectivity index (χ2n) is 8.42. The van der Waals surface area contributed by atoms with E-state index in [1.165, 1.54) is 12.8 Å². The maximum Gasteiger partial charge on any atom is 0.303 e. The van der Waals surface area contributed by atoms with Crippen LogP contribution >= 0.6 is 0 Å². The van der Waals surface area contributed by atoms with E-state index in [-0.39, 0.29) is 42.3 Å². The lowest BCUT2D eigenvalue weighted by molar-refractivity contribution is -0.137. The Kier molecular flexibility index (Phi) is 10.9. The molecular formula is C23H38N2O5. The third-order valence-electron chi connectivity index (χ3n) is 6.07. The molecule has 0 unspecified atom stereocenters. The normalized spacial score (nSPS) is 25.0. The van der Waals surface area contributed by atoms with Crippen LogP contribution in [-0.2, 0) is 19.1 Å². The minimum Gasteiger partial charge on any atom is -0.481 e. The van der Waals surface area contributed by atoms with Crippen LogP contribution < -0.4 is 10.6 Å². The number of carbonyl (C=O) groups excluding carboxylic acids is 2. The summed E-state index contributed by atoms with van der Waals surface area (Å²) in [6.45, 7) is 3.21. The molecule has 170 valence electrons. The van der Waals surface area contributed by atoms with Gasteiger partial charge in [-0.15, -0.1) is 0 Å². The second-order valence-corrected chi connectivity index (χ2v) is 8.42. The van der Waals surface area contributed by atoms with Crippen molar-refractivity contribution in [1.29, 1.82) is 0 Å². The van der Waals surface area contributed by atoms with Crippen molar-refractivity contribution >= 4 is 17.8 Å². The SMILES string of the molecule is CCCCCCNC(=O)CCNC(=O)[C@H]1[C@@H](C/C=C\CCCC(=O)O)[C@H]2CC[C@@H]1O2. The number of rotatable bonds is 15. The Bertz CT molecular complexity index is 592. The van der Waals surface area contributed by atoms with Crippen LogP contribution in [0.1, 0.15) is 77.6 Å². The molecule has 0 radical (unpaired) electrons. The minimum absolute atomic E-state index is 0.0118. The van der Waals surface area contributed by atoms with Crippen LogP contribution in [0.3, 0.4) is 0 Å². The first kappa shape index (κ1) is 24.4. The molecule has 0 aromatic rings. The molecule has 2 bridgehead atoms. The van der Waals surface area contributed by atoms with Crippen LogP contribution in [0.4, 0.5) is 0 Å². The Morgan fingerprint density at radius 1 is 0.967 bits per heavy atom. The molecule has 2 amide bonds. The molecule has 7 heteroatoms. The Labute approximate surface area is 180 Å². The summed E-state index contributed by atoms with van der Waals surface area (Å²) in [6, 6.07) is 0. The number of nitrogens with one attached hydrogen (secondary N) is 2. The van der Waals surface area contributed by atoms with Crippen molar-refractivity contribution in [3.8, 4) is 0 Å². The lowest BCUT2D eigenvalue weighted by Gasteiger charge is -2.26. The quantitative estimate of drug-likeness (QED) is 0.278.